The molecule has 1 aliphatic heterocycles. The summed E-state index contributed by atoms with van der Waals surface area (Å²) in [5.41, 5.74) is 4.12. The average Bonchev–Trinajstić information content (AvgIpc) is 3.17. The molecule has 5 rings (SSSR count). The smallest absolute Gasteiger partial charge is 0.256 e. The zero-order chi connectivity index (χ0) is 26.2. The monoisotopic (exact) mass is 519 g/mol. The van der Waals surface area contributed by atoms with Gasteiger partial charge in [0, 0.05) is 29.9 Å². The fraction of sp³-hybridized carbons (Fsp3) is 0.467. The number of anilines is 1. The van der Waals surface area contributed by atoms with Crippen LogP contribution in [0.25, 0.3) is 10.9 Å². The highest BCUT2D eigenvalue weighted by atomic mass is 32.2. The first-order valence-electron chi connectivity index (χ1n) is 13.5. The van der Waals surface area contributed by atoms with E-state index in [-0.39, 0.29) is 16.2 Å². The summed E-state index contributed by atoms with van der Waals surface area (Å²) in [5.74, 6) is 0.241. The molecule has 1 amide bonds. The maximum Gasteiger partial charge on any atom is 0.256 e. The molecule has 0 saturated carbocycles. The Balaban J connectivity index is 1.50. The number of carbonyl (C=O) groups is 1. The summed E-state index contributed by atoms with van der Waals surface area (Å²) in [6, 6.07) is 14.5. The first-order chi connectivity index (χ1) is 17.6. The number of hydrogen-bond donors (Lipinski definition) is 1. The predicted octanol–water partition coefficient (Wildman–Crippen LogP) is 6.20. The van der Waals surface area contributed by atoms with Crippen LogP contribution in [0.1, 0.15) is 74.5 Å². The third kappa shape index (κ3) is 5.30. The molecule has 1 unspecified atom stereocenters. The molecule has 7 heteroatoms. The van der Waals surface area contributed by atoms with Gasteiger partial charge in [0.2, 0.25) is 10.0 Å². The lowest BCUT2D eigenvalue weighted by Crippen LogP contribution is -2.32. The number of aryl methyl sites for hydroxylation is 1. The molecule has 0 spiro atoms. The zero-order valence-electron chi connectivity index (χ0n) is 22.1. The molecule has 3 aromatic rings. The number of aromatic nitrogens is 1. The quantitative estimate of drug-likeness (QED) is 0.445. The van der Waals surface area contributed by atoms with Gasteiger partial charge in [0.1, 0.15) is 0 Å². The third-order valence-electron chi connectivity index (χ3n) is 8.01. The lowest BCUT2D eigenvalue weighted by molar-refractivity contribution is 0.102. The summed E-state index contributed by atoms with van der Waals surface area (Å²) in [4.78, 5) is 19.0. The molecule has 2 aliphatic rings. The van der Waals surface area contributed by atoms with Crippen LogP contribution in [0.15, 0.2) is 53.4 Å². The van der Waals surface area contributed by atoms with E-state index in [0.29, 0.717) is 30.3 Å². The molecule has 196 valence electrons. The Morgan fingerprint density at radius 3 is 2.46 bits per heavy atom. The van der Waals surface area contributed by atoms with Crippen molar-refractivity contribution in [1.82, 2.24) is 9.29 Å². The second-order valence-electron chi connectivity index (χ2n) is 11.5. The molecule has 2 heterocycles. The van der Waals surface area contributed by atoms with E-state index in [1.165, 1.54) is 0 Å². The van der Waals surface area contributed by atoms with E-state index in [9.17, 15) is 13.2 Å². The molecule has 1 aliphatic carbocycles. The number of pyridine rings is 1. The first kappa shape index (κ1) is 25.9. The van der Waals surface area contributed by atoms with Gasteiger partial charge < -0.3 is 5.32 Å². The van der Waals surface area contributed by atoms with Crippen molar-refractivity contribution in [3.63, 3.8) is 0 Å². The molecule has 1 saturated heterocycles. The maximum absolute atomic E-state index is 13.9. The van der Waals surface area contributed by atoms with Crippen molar-refractivity contribution < 1.29 is 13.2 Å². The molecule has 2 aromatic carbocycles. The zero-order valence-corrected chi connectivity index (χ0v) is 22.9. The summed E-state index contributed by atoms with van der Waals surface area (Å²) in [5, 5.41) is 3.87. The van der Waals surface area contributed by atoms with E-state index in [1.807, 2.05) is 24.3 Å². The second kappa shape index (κ2) is 10.2. The van der Waals surface area contributed by atoms with Gasteiger partial charge in [-0.3, -0.25) is 9.78 Å². The number of nitrogens with zero attached hydrogens (tertiary/aromatic N) is 2. The van der Waals surface area contributed by atoms with Gasteiger partial charge in [-0.05, 0) is 73.3 Å². The third-order valence-corrected chi connectivity index (χ3v) is 9.90. The van der Waals surface area contributed by atoms with Crippen LogP contribution in [0, 0.1) is 11.3 Å². The average molecular weight is 520 g/mol. The van der Waals surface area contributed by atoms with E-state index in [0.717, 1.165) is 67.1 Å². The van der Waals surface area contributed by atoms with Crippen LogP contribution in [0.5, 0.6) is 0 Å². The van der Waals surface area contributed by atoms with E-state index < -0.39 is 10.0 Å². The fourth-order valence-corrected chi connectivity index (χ4v) is 7.31. The largest absolute Gasteiger partial charge is 0.322 e. The van der Waals surface area contributed by atoms with Crippen molar-refractivity contribution in [3.8, 4) is 0 Å². The van der Waals surface area contributed by atoms with E-state index in [4.69, 9.17) is 4.98 Å². The minimum absolute atomic E-state index is 0.132. The highest BCUT2D eigenvalue weighted by Gasteiger charge is 2.33. The summed E-state index contributed by atoms with van der Waals surface area (Å²) in [6.45, 7) is 7.86. The van der Waals surface area contributed by atoms with Crippen LogP contribution >= 0.6 is 0 Å². The Morgan fingerprint density at radius 2 is 1.73 bits per heavy atom. The van der Waals surface area contributed by atoms with Crippen LogP contribution in [-0.2, 0) is 22.9 Å². The van der Waals surface area contributed by atoms with Gasteiger partial charge in [0.25, 0.3) is 5.91 Å². The Labute approximate surface area is 220 Å². The lowest BCUT2D eigenvalue weighted by Gasteiger charge is -2.35. The van der Waals surface area contributed by atoms with Crippen molar-refractivity contribution in [3.05, 3.63) is 65.4 Å². The second-order valence-corrected chi connectivity index (χ2v) is 13.5. The fourth-order valence-electron chi connectivity index (χ4n) is 5.75. The van der Waals surface area contributed by atoms with Crippen molar-refractivity contribution in [2.45, 2.75) is 70.6 Å². The van der Waals surface area contributed by atoms with Gasteiger partial charge in [-0.15, -0.1) is 0 Å². The Morgan fingerprint density at radius 1 is 1.00 bits per heavy atom. The molecule has 6 nitrogen and oxygen atoms in total. The SMILES string of the molecule is CC(C)(C)C1CCc2nc3ccccc3c(C(=O)Nc3cccc(S(=O)(=O)N4CCCCCC4)c3)c2C1. The Kier molecular flexibility index (Phi) is 7.12. The highest BCUT2D eigenvalue weighted by Crippen LogP contribution is 2.39. The van der Waals surface area contributed by atoms with Gasteiger partial charge in [-0.25, -0.2) is 8.42 Å². The van der Waals surface area contributed by atoms with Crippen LogP contribution in [0.4, 0.5) is 5.69 Å². The number of fused-ring (bicyclic) bond motifs is 2. The topological polar surface area (TPSA) is 79.4 Å². The number of sulfonamides is 1. The number of carbonyl (C=O) groups excluding carboxylic acids is 1. The summed E-state index contributed by atoms with van der Waals surface area (Å²) in [6.07, 6.45) is 6.59. The molecule has 1 atom stereocenters. The summed E-state index contributed by atoms with van der Waals surface area (Å²) >= 11 is 0. The predicted molar refractivity (Wildman–Crippen MR) is 148 cm³/mol. The van der Waals surface area contributed by atoms with Crippen LogP contribution in [0.2, 0.25) is 0 Å². The first-order valence-corrected chi connectivity index (χ1v) is 14.9. The van der Waals surface area contributed by atoms with Gasteiger partial charge in [-0.1, -0.05) is 57.9 Å². The molecule has 1 aromatic heterocycles. The highest BCUT2D eigenvalue weighted by molar-refractivity contribution is 7.89. The van der Waals surface area contributed by atoms with Gasteiger partial charge in [0.15, 0.2) is 0 Å². The number of benzene rings is 2. The van der Waals surface area contributed by atoms with Crippen molar-refractivity contribution in [2.75, 3.05) is 18.4 Å². The Bertz CT molecular complexity index is 1420. The van der Waals surface area contributed by atoms with Crippen LogP contribution < -0.4 is 5.32 Å². The maximum atomic E-state index is 13.9. The lowest BCUT2D eigenvalue weighted by atomic mass is 9.70. The molecule has 1 fully saturated rings. The molecule has 0 bridgehead atoms. The number of amides is 1. The molecule has 0 radical (unpaired) electrons. The van der Waals surface area contributed by atoms with Crippen molar-refractivity contribution in [2.24, 2.45) is 11.3 Å². The molecule has 37 heavy (non-hydrogen) atoms. The molecule has 1 N–H and O–H groups in total. The minimum Gasteiger partial charge on any atom is -0.322 e. The van der Waals surface area contributed by atoms with E-state index >= 15 is 0 Å². The summed E-state index contributed by atoms with van der Waals surface area (Å²) < 4.78 is 28.3. The molecular formula is C30H37N3O3S. The number of para-hydroxylation sites is 1. The number of rotatable bonds is 4. The summed E-state index contributed by atoms with van der Waals surface area (Å²) in [7, 11) is -3.61. The Hall–Kier alpha value is -2.77. The standard InChI is InChI=1S/C30H37N3O3S/c1-30(2,3)21-15-16-27-25(19-21)28(24-13-6-7-14-26(24)32-27)29(34)31-22-11-10-12-23(20-22)37(35,36)33-17-8-4-5-9-18-33/h6-7,10-14,20-21H,4-5,8-9,15-19H2,1-3H3,(H,31,34). The van der Waals surface area contributed by atoms with Crippen LogP contribution in [-0.4, -0.2) is 36.7 Å². The van der Waals surface area contributed by atoms with Gasteiger partial charge in [0.05, 0.1) is 16.0 Å². The minimum atomic E-state index is -3.61. The van der Waals surface area contributed by atoms with E-state index in [1.54, 1.807) is 28.6 Å². The normalized spacial score (nSPS) is 19.3. The number of hydrogen-bond acceptors (Lipinski definition) is 4. The van der Waals surface area contributed by atoms with E-state index in [2.05, 4.69) is 26.1 Å². The van der Waals surface area contributed by atoms with Crippen molar-refractivity contribution in [1.29, 1.82) is 0 Å². The van der Waals surface area contributed by atoms with Crippen LogP contribution in [0.3, 0.4) is 0 Å². The molecular weight excluding hydrogens is 482 g/mol. The number of nitrogens with one attached hydrogen (secondary N) is 1. The van der Waals surface area contributed by atoms with Gasteiger partial charge >= 0.3 is 0 Å². The van der Waals surface area contributed by atoms with Crippen molar-refractivity contribution >= 4 is 32.5 Å². The van der Waals surface area contributed by atoms with Gasteiger partial charge in [-0.2, -0.15) is 4.31 Å².